The van der Waals surface area contributed by atoms with Gasteiger partial charge in [-0.1, -0.05) is 30.9 Å². The molecule has 0 fully saturated rings. The van der Waals surface area contributed by atoms with Gasteiger partial charge in [-0.25, -0.2) is 0 Å². The van der Waals surface area contributed by atoms with Crippen molar-refractivity contribution in [1.82, 2.24) is 5.32 Å². The van der Waals surface area contributed by atoms with E-state index >= 15 is 0 Å². The molecule has 0 aliphatic rings. The van der Waals surface area contributed by atoms with Crippen LogP contribution in [0.2, 0.25) is 0 Å². The van der Waals surface area contributed by atoms with Crippen molar-refractivity contribution >= 4 is 0 Å². The Balaban J connectivity index is 2.68. The van der Waals surface area contributed by atoms with Gasteiger partial charge >= 0.3 is 0 Å². The van der Waals surface area contributed by atoms with Crippen molar-refractivity contribution < 1.29 is 4.74 Å². The topological polar surface area (TPSA) is 21.3 Å². The van der Waals surface area contributed by atoms with Crippen LogP contribution in [-0.4, -0.2) is 19.7 Å². The van der Waals surface area contributed by atoms with Crippen molar-refractivity contribution in [2.24, 2.45) is 0 Å². The summed E-state index contributed by atoms with van der Waals surface area (Å²) >= 11 is 0. The van der Waals surface area contributed by atoms with Crippen LogP contribution in [0.25, 0.3) is 0 Å². The van der Waals surface area contributed by atoms with E-state index in [4.69, 9.17) is 4.74 Å². The lowest BCUT2D eigenvalue weighted by atomic mass is 10.2. The van der Waals surface area contributed by atoms with Gasteiger partial charge in [-0.15, -0.1) is 0 Å². The summed E-state index contributed by atoms with van der Waals surface area (Å²) in [6, 6.07) is 7.85. The molecule has 0 atom stereocenters. The fourth-order valence-electron chi connectivity index (χ4n) is 1.18. The third kappa shape index (κ3) is 4.05. The van der Waals surface area contributed by atoms with E-state index in [0.717, 1.165) is 24.4 Å². The number of para-hydroxylation sites is 1. The Labute approximate surface area is 91.6 Å². The van der Waals surface area contributed by atoms with Crippen molar-refractivity contribution in [1.29, 1.82) is 0 Å². The second-order valence-corrected chi connectivity index (χ2v) is 3.01. The molecule has 15 heavy (non-hydrogen) atoms. The van der Waals surface area contributed by atoms with Gasteiger partial charge in [0, 0.05) is 0 Å². The molecule has 1 aromatic carbocycles. The maximum absolute atomic E-state index is 5.47. The minimum atomic E-state index is 0.673. The first kappa shape index (κ1) is 11.6. The van der Waals surface area contributed by atoms with Crippen molar-refractivity contribution in [3.05, 3.63) is 29.8 Å². The third-order valence-electron chi connectivity index (χ3n) is 1.87. The average Bonchev–Trinajstić information content (AvgIpc) is 2.27. The van der Waals surface area contributed by atoms with Crippen molar-refractivity contribution in [2.45, 2.75) is 13.8 Å². The highest BCUT2D eigenvalue weighted by atomic mass is 16.5. The number of nitrogens with one attached hydrogen (secondary N) is 1. The van der Waals surface area contributed by atoms with E-state index < -0.39 is 0 Å². The Morgan fingerprint density at radius 1 is 1.27 bits per heavy atom. The van der Waals surface area contributed by atoms with Crippen molar-refractivity contribution in [3.8, 4) is 17.6 Å². The fourth-order valence-corrected chi connectivity index (χ4v) is 1.18. The first-order valence-electron chi connectivity index (χ1n) is 5.30. The van der Waals surface area contributed by atoms with E-state index in [2.05, 4.69) is 24.1 Å². The van der Waals surface area contributed by atoms with E-state index in [0.29, 0.717) is 6.61 Å². The molecule has 0 bridgehead atoms. The maximum Gasteiger partial charge on any atom is 0.134 e. The number of hydrogen-bond acceptors (Lipinski definition) is 2. The first-order chi connectivity index (χ1) is 7.38. The second kappa shape index (κ2) is 6.92. The molecule has 2 nitrogen and oxygen atoms in total. The summed E-state index contributed by atoms with van der Waals surface area (Å²) in [7, 11) is 0. The average molecular weight is 203 g/mol. The molecule has 0 saturated heterocycles. The summed E-state index contributed by atoms with van der Waals surface area (Å²) in [6.07, 6.45) is 0. The Hall–Kier alpha value is -1.46. The Kier molecular flexibility index (Phi) is 5.35. The Bertz CT molecular complexity index is 349. The van der Waals surface area contributed by atoms with Crippen LogP contribution in [0, 0.1) is 11.8 Å². The largest absolute Gasteiger partial charge is 0.493 e. The van der Waals surface area contributed by atoms with Gasteiger partial charge in [0.05, 0.1) is 18.7 Å². The van der Waals surface area contributed by atoms with Crippen LogP contribution < -0.4 is 10.1 Å². The van der Waals surface area contributed by atoms with E-state index in [-0.39, 0.29) is 0 Å². The number of ether oxygens (including phenoxy) is 1. The smallest absolute Gasteiger partial charge is 0.134 e. The SMILES string of the molecule is CCNCC#Cc1ccccc1OCC. The summed E-state index contributed by atoms with van der Waals surface area (Å²) in [5.41, 5.74) is 0.956. The van der Waals surface area contributed by atoms with Gasteiger partial charge in [0.2, 0.25) is 0 Å². The lowest BCUT2D eigenvalue weighted by molar-refractivity contribution is 0.339. The molecular weight excluding hydrogens is 186 g/mol. The van der Waals surface area contributed by atoms with Crippen LogP contribution in [0.15, 0.2) is 24.3 Å². The lowest BCUT2D eigenvalue weighted by Gasteiger charge is -2.04. The van der Waals surface area contributed by atoms with Gasteiger partial charge in [-0.2, -0.15) is 0 Å². The molecular formula is C13H17NO. The molecule has 80 valence electrons. The Morgan fingerprint density at radius 3 is 2.80 bits per heavy atom. The second-order valence-electron chi connectivity index (χ2n) is 3.01. The molecule has 0 aromatic heterocycles. The van der Waals surface area contributed by atoms with Crippen LogP contribution in [0.3, 0.4) is 0 Å². The van der Waals surface area contributed by atoms with Crippen molar-refractivity contribution in [3.63, 3.8) is 0 Å². The Morgan fingerprint density at radius 2 is 2.07 bits per heavy atom. The zero-order valence-electron chi connectivity index (χ0n) is 9.34. The molecule has 1 rings (SSSR count). The summed E-state index contributed by atoms with van der Waals surface area (Å²) in [5.74, 6) is 7.02. The molecule has 1 N–H and O–H groups in total. The van der Waals surface area contributed by atoms with Gasteiger partial charge in [0.15, 0.2) is 0 Å². The van der Waals surface area contributed by atoms with Crippen LogP contribution >= 0.6 is 0 Å². The van der Waals surface area contributed by atoms with Crippen LogP contribution in [0.5, 0.6) is 5.75 Å². The highest BCUT2D eigenvalue weighted by Gasteiger charge is 1.97. The predicted octanol–water partition coefficient (Wildman–Crippen LogP) is 2.05. The van der Waals surface area contributed by atoms with Gasteiger partial charge in [0.1, 0.15) is 5.75 Å². The normalized spacial score (nSPS) is 9.20. The van der Waals surface area contributed by atoms with Gasteiger partial charge < -0.3 is 10.1 Å². The zero-order chi connectivity index (χ0) is 10.9. The molecule has 0 radical (unpaired) electrons. The highest BCUT2D eigenvalue weighted by molar-refractivity contribution is 5.45. The minimum absolute atomic E-state index is 0.673. The van der Waals surface area contributed by atoms with E-state index in [1.54, 1.807) is 0 Å². The molecule has 0 amide bonds. The third-order valence-corrected chi connectivity index (χ3v) is 1.87. The van der Waals surface area contributed by atoms with Gasteiger partial charge in [-0.3, -0.25) is 0 Å². The number of hydrogen-bond donors (Lipinski definition) is 1. The van der Waals surface area contributed by atoms with Gasteiger partial charge in [-0.05, 0) is 25.6 Å². The summed E-state index contributed by atoms with van der Waals surface area (Å²) < 4.78 is 5.47. The highest BCUT2D eigenvalue weighted by Crippen LogP contribution is 2.16. The molecule has 0 aliphatic carbocycles. The zero-order valence-corrected chi connectivity index (χ0v) is 9.34. The molecule has 0 saturated carbocycles. The standard InChI is InChI=1S/C13H17NO/c1-3-14-11-7-9-12-8-5-6-10-13(12)15-4-2/h5-6,8,10,14H,3-4,11H2,1-2H3. The van der Waals surface area contributed by atoms with Gasteiger partial charge in [0.25, 0.3) is 0 Å². The van der Waals surface area contributed by atoms with Crippen LogP contribution in [-0.2, 0) is 0 Å². The van der Waals surface area contributed by atoms with Crippen LogP contribution in [0.4, 0.5) is 0 Å². The summed E-state index contributed by atoms with van der Waals surface area (Å²) in [5, 5.41) is 3.16. The molecule has 0 unspecified atom stereocenters. The monoisotopic (exact) mass is 203 g/mol. The summed E-state index contributed by atoms with van der Waals surface area (Å²) in [4.78, 5) is 0. The summed E-state index contributed by atoms with van der Waals surface area (Å²) in [6.45, 7) is 6.38. The predicted molar refractivity (Wildman–Crippen MR) is 63.0 cm³/mol. The van der Waals surface area contributed by atoms with Crippen molar-refractivity contribution in [2.75, 3.05) is 19.7 Å². The molecule has 2 heteroatoms. The minimum Gasteiger partial charge on any atom is -0.493 e. The molecule has 0 heterocycles. The van der Waals surface area contributed by atoms with Crippen LogP contribution in [0.1, 0.15) is 19.4 Å². The van der Waals surface area contributed by atoms with E-state index in [9.17, 15) is 0 Å². The van der Waals surface area contributed by atoms with E-state index in [1.807, 2.05) is 31.2 Å². The first-order valence-corrected chi connectivity index (χ1v) is 5.30. The lowest BCUT2D eigenvalue weighted by Crippen LogP contribution is -2.11. The fraction of sp³-hybridized carbons (Fsp3) is 0.385. The molecule has 0 spiro atoms. The molecule has 0 aliphatic heterocycles. The van der Waals surface area contributed by atoms with E-state index in [1.165, 1.54) is 0 Å². The number of rotatable bonds is 4. The quantitative estimate of drug-likeness (QED) is 0.597. The number of benzene rings is 1. The maximum atomic E-state index is 5.47. The molecule has 1 aromatic rings.